The maximum absolute atomic E-state index is 13.3. The molecule has 0 aliphatic rings. The molecule has 0 saturated carbocycles. The molecule has 0 unspecified atom stereocenters. The summed E-state index contributed by atoms with van der Waals surface area (Å²) in [5.41, 5.74) is 0.864. The van der Waals surface area contributed by atoms with Crippen LogP contribution >= 0.6 is 51.2 Å². The van der Waals surface area contributed by atoms with E-state index in [2.05, 4.69) is 49.1 Å². The van der Waals surface area contributed by atoms with Gasteiger partial charge in [0.2, 0.25) is 0 Å². The lowest BCUT2D eigenvalue weighted by molar-refractivity contribution is 0.623. The Bertz CT molecular complexity index is 585. The fraction of sp³-hybridized carbons (Fsp3) is 0.267. The summed E-state index contributed by atoms with van der Waals surface area (Å²) >= 11 is 5.04. The minimum Gasteiger partial charge on any atom is -0.356 e. The average Bonchev–Trinajstić information content (AvgIpc) is 2.94. The third-order valence-corrected chi connectivity index (χ3v) is 4.24. The number of halogens is 3. The van der Waals surface area contributed by atoms with Gasteiger partial charge in [-0.05, 0) is 41.6 Å². The van der Waals surface area contributed by atoms with Gasteiger partial charge in [-0.2, -0.15) is 0 Å². The first-order chi connectivity index (χ1) is 10.2. The fourth-order valence-corrected chi connectivity index (χ4v) is 3.10. The number of benzene rings is 1. The number of thiophene rings is 1. The minimum atomic E-state index is -0.248. The van der Waals surface area contributed by atoms with Crippen LogP contribution in [0.15, 0.2) is 45.2 Å². The smallest absolute Gasteiger partial charge is 0.191 e. The molecule has 0 aliphatic carbocycles. The molecule has 0 aliphatic heterocycles. The highest BCUT2D eigenvalue weighted by Crippen LogP contribution is 2.14. The molecule has 22 heavy (non-hydrogen) atoms. The molecule has 3 nitrogen and oxygen atoms in total. The zero-order valence-corrected chi connectivity index (χ0v) is 16.8. The molecule has 0 spiro atoms. The van der Waals surface area contributed by atoms with Gasteiger partial charge in [0.15, 0.2) is 5.96 Å². The molecule has 0 atom stereocenters. The van der Waals surface area contributed by atoms with Crippen LogP contribution in [0, 0.1) is 5.82 Å². The van der Waals surface area contributed by atoms with Crippen LogP contribution in [-0.2, 0) is 13.0 Å². The molecule has 0 radical (unpaired) electrons. The summed E-state index contributed by atoms with van der Waals surface area (Å²) in [6.07, 6.45) is 0.962. The van der Waals surface area contributed by atoms with Crippen molar-refractivity contribution in [1.82, 2.24) is 10.6 Å². The Labute approximate surface area is 159 Å². The highest BCUT2D eigenvalue weighted by atomic mass is 127. The largest absolute Gasteiger partial charge is 0.356 e. The topological polar surface area (TPSA) is 36.4 Å². The van der Waals surface area contributed by atoms with Crippen molar-refractivity contribution in [2.24, 2.45) is 4.99 Å². The SMILES string of the molecule is CN=C(NCCc1cccs1)NCc1cc(F)cc(Br)c1.I. The Morgan fingerprint density at radius 1 is 1.32 bits per heavy atom. The number of guanidine groups is 1. The zero-order chi connectivity index (χ0) is 15.1. The summed E-state index contributed by atoms with van der Waals surface area (Å²) in [7, 11) is 1.72. The maximum Gasteiger partial charge on any atom is 0.191 e. The number of rotatable bonds is 5. The molecule has 0 bridgehead atoms. The van der Waals surface area contributed by atoms with Crippen LogP contribution in [0.5, 0.6) is 0 Å². The molecule has 120 valence electrons. The van der Waals surface area contributed by atoms with Crippen molar-refractivity contribution < 1.29 is 4.39 Å². The number of hydrogen-bond acceptors (Lipinski definition) is 2. The van der Waals surface area contributed by atoms with Crippen molar-refractivity contribution in [1.29, 1.82) is 0 Å². The number of nitrogens with one attached hydrogen (secondary N) is 2. The molecule has 0 amide bonds. The van der Waals surface area contributed by atoms with Gasteiger partial charge in [-0.1, -0.05) is 22.0 Å². The lowest BCUT2D eigenvalue weighted by Crippen LogP contribution is -2.37. The molecular weight excluding hydrogens is 480 g/mol. The Kier molecular flexibility index (Phi) is 8.96. The molecule has 2 aromatic rings. The van der Waals surface area contributed by atoms with Crippen LogP contribution in [0.4, 0.5) is 4.39 Å². The Hall–Kier alpha value is -0.670. The van der Waals surface area contributed by atoms with Crippen molar-refractivity contribution in [3.05, 3.63) is 56.4 Å². The van der Waals surface area contributed by atoms with Gasteiger partial charge in [-0.25, -0.2) is 4.39 Å². The third kappa shape index (κ3) is 6.62. The van der Waals surface area contributed by atoms with Gasteiger partial charge in [0, 0.05) is 29.5 Å². The predicted molar refractivity (Wildman–Crippen MR) is 106 cm³/mol. The molecule has 7 heteroatoms. The first-order valence-corrected chi connectivity index (χ1v) is 8.26. The summed E-state index contributed by atoms with van der Waals surface area (Å²) in [5.74, 6) is 0.466. The van der Waals surface area contributed by atoms with Crippen LogP contribution < -0.4 is 10.6 Å². The Balaban J connectivity index is 0.00000242. The van der Waals surface area contributed by atoms with Gasteiger partial charge in [0.05, 0.1) is 0 Å². The van der Waals surface area contributed by atoms with E-state index in [0.29, 0.717) is 12.5 Å². The fourth-order valence-electron chi connectivity index (χ4n) is 1.88. The van der Waals surface area contributed by atoms with Gasteiger partial charge < -0.3 is 10.6 Å². The zero-order valence-electron chi connectivity index (χ0n) is 12.1. The van der Waals surface area contributed by atoms with E-state index in [1.807, 2.05) is 6.07 Å². The summed E-state index contributed by atoms with van der Waals surface area (Å²) in [4.78, 5) is 5.50. The molecule has 1 heterocycles. The third-order valence-electron chi connectivity index (χ3n) is 2.85. The number of hydrogen-bond donors (Lipinski definition) is 2. The highest BCUT2D eigenvalue weighted by molar-refractivity contribution is 14.0. The lowest BCUT2D eigenvalue weighted by Gasteiger charge is -2.12. The minimum absolute atomic E-state index is 0. The standard InChI is InChI=1S/C15H17BrFN3S.HI/c1-18-15(19-5-4-14-3-2-6-21-14)20-10-11-7-12(16)9-13(17)8-11;/h2-3,6-9H,4-5,10H2,1H3,(H2,18,19,20);1H. The van der Waals surface area contributed by atoms with E-state index in [1.54, 1.807) is 18.4 Å². The van der Waals surface area contributed by atoms with E-state index in [-0.39, 0.29) is 29.8 Å². The number of aliphatic imine (C=N–C) groups is 1. The molecular formula is C15H18BrFIN3S. The predicted octanol–water partition coefficient (Wildman–Crippen LogP) is 4.18. The normalized spacial score (nSPS) is 11.0. The lowest BCUT2D eigenvalue weighted by atomic mass is 10.2. The summed E-state index contributed by atoms with van der Waals surface area (Å²) < 4.78 is 14.0. The molecule has 2 N–H and O–H groups in total. The quantitative estimate of drug-likeness (QED) is 0.369. The molecule has 2 rings (SSSR count). The highest BCUT2D eigenvalue weighted by Gasteiger charge is 2.02. The molecule has 1 aromatic heterocycles. The molecule has 0 fully saturated rings. The monoisotopic (exact) mass is 497 g/mol. The van der Waals surface area contributed by atoms with Crippen LogP contribution in [-0.4, -0.2) is 19.6 Å². The first kappa shape index (κ1) is 19.4. The van der Waals surface area contributed by atoms with E-state index >= 15 is 0 Å². The van der Waals surface area contributed by atoms with Crippen LogP contribution in [0.25, 0.3) is 0 Å². The van der Waals surface area contributed by atoms with Crippen molar-refractivity contribution in [2.45, 2.75) is 13.0 Å². The Morgan fingerprint density at radius 2 is 2.14 bits per heavy atom. The van der Waals surface area contributed by atoms with E-state index in [0.717, 1.165) is 23.0 Å². The number of nitrogens with zero attached hydrogens (tertiary/aromatic N) is 1. The average molecular weight is 498 g/mol. The van der Waals surface area contributed by atoms with Crippen molar-refractivity contribution >= 4 is 57.2 Å². The van der Waals surface area contributed by atoms with Gasteiger partial charge in [-0.15, -0.1) is 35.3 Å². The van der Waals surface area contributed by atoms with Crippen LogP contribution in [0.3, 0.4) is 0 Å². The van der Waals surface area contributed by atoms with Gasteiger partial charge in [0.25, 0.3) is 0 Å². The maximum atomic E-state index is 13.3. The molecule has 1 aromatic carbocycles. The van der Waals surface area contributed by atoms with E-state index < -0.39 is 0 Å². The van der Waals surface area contributed by atoms with E-state index in [1.165, 1.54) is 17.0 Å². The first-order valence-electron chi connectivity index (χ1n) is 6.59. The Morgan fingerprint density at radius 3 is 2.77 bits per heavy atom. The van der Waals surface area contributed by atoms with Gasteiger partial charge in [0.1, 0.15) is 5.82 Å². The van der Waals surface area contributed by atoms with Crippen molar-refractivity contribution in [3.8, 4) is 0 Å². The van der Waals surface area contributed by atoms with E-state index in [4.69, 9.17) is 0 Å². The van der Waals surface area contributed by atoms with E-state index in [9.17, 15) is 4.39 Å². The summed E-state index contributed by atoms with van der Waals surface area (Å²) in [6.45, 7) is 1.34. The summed E-state index contributed by atoms with van der Waals surface area (Å²) in [6, 6.07) is 9.00. The molecule has 0 saturated heterocycles. The van der Waals surface area contributed by atoms with Crippen molar-refractivity contribution in [3.63, 3.8) is 0 Å². The van der Waals surface area contributed by atoms with Gasteiger partial charge in [-0.3, -0.25) is 4.99 Å². The van der Waals surface area contributed by atoms with Crippen LogP contribution in [0.1, 0.15) is 10.4 Å². The second kappa shape index (κ2) is 10.2. The summed E-state index contributed by atoms with van der Waals surface area (Å²) in [5, 5.41) is 8.50. The van der Waals surface area contributed by atoms with Gasteiger partial charge >= 0.3 is 0 Å². The second-order valence-electron chi connectivity index (χ2n) is 4.46. The second-order valence-corrected chi connectivity index (χ2v) is 6.41. The van der Waals surface area contributed by atoms with Crippen molar-refractivity contribution in [2.75, 3.05) is 13.6 Å². The van der Waals surface area contributed by atoms with Crippen LogP contribution in [0.2, 0.25) is 0 Å².